The largest absolute Gasteiger partial charge is 0.383 e. The summed E-state index contributed by atoms with van der Waals surface area (Å²) in [6.07, 6.45) is 3.53. The van der Waals surface area contributed by atoms with Crippen molar-refractivity contribution in [2.75, 3.05) is 20.3 Å². The third kappa shape index (κ3) is 4.17. The van der Waals surface area contributed by atoms with E-state index in [2.05, 4.69) is 16.0 Å². The Bertz CT molecular complexity index is 1280. The highest BCUT2D eigenvalue weighted by Crippen LogP contribution is 2.26. The molecule has 0 saturated carbocycles. The van der Waals surface area contributed by atoms with Crippen LogP contribution in [0.25, 0.3) is 17.0 Å². The van der Waals surface area contributed by atoms with Gasteiger partial charge < -0.3 is 9.30 Å². The number of hydrogen-bond acceptors (Lipinski definition) is 5. The Balaban J connectivity index is 1.72. The lowest BCUT2D eigenvalue weighted by Gasteiger charge is -2.28. The zero-order valence-corrected chi connectivity index (χ0v) is 18.2. The van der Waals surface area contributed by atoms with Crippen molar-refractivity contribution in [3.8, 4) is 6.07 Å². The summed E-state index contributed by atoms with van der Waals surface area (Å²) in [5, 5.41) is 12.6. The highest BCUT2D eigenvalue weighted by atomic mass is 32.1. The number of thiocarbonyl (C=S) groups is 1. The van der Waals surface area contributed by atoms with E-state index < -0.39 is 11.8 Å². The maximum Gasteiger partial charge on any atom is 0.265 e. The molecular formula is C24H20N4O3S. The highest BCUT2D eigenvalue weighted by molar-refractivity contribution is 7.80. The molecule has 7 nitrogen and oxygen atoms in total. The van der Waals surface area contributed by atoms with Crippen LogP contribution < -0.4 is 5.32 Å². The number of carbonyl (C=O) groups is 2. The van der Waals surface area contributed by atoms with Gasteiger partial charge in [-0.2, -0.15) is 5.26 Å². The molecule has 0 spiro atoms. The molecule has 0 bridgehead atoms. The fraction of sp³-hybridized carbons (Fsp3) is 0.167. The fourth-order valence-corrected chi connectivity index (χ4v) is 3.90. The minimum absolute atomic E-state index is 0.0241. The molecule has 4 rings (SSSR count). The first-order valence-electron chi connectivity index (χ1n) is 9.96. The number of aromatic nitrogens is 1. The van der Waals surface area contributed by atoms with Gasteiger partial charge in [0.05, 0.1) is 24.8 Å². The molecule has 0 atom stereocenters. The topological polar surface area (TPSA) is 87.4 Å². The van der Waals surface area contributed by atoms with Crippen molar-refractivity contribution < 1.29 is 14.3 Å². The van der Waals surface area contributed by atoms with Crippen LogP contribution in [0.1, 0.15) is 16.7 Å². The number of rotatable bonds is 6. The second-order valence-corrected chi connectivity index (χ2v) is 7.69. The molecule has 1 aromatic heterocycles. The summed E-state index contributed by atoms with van der Waals surface area (Å²) in [5.41, 5.74) is 3.39. The molecule has 0 radical (unpaired) electrons. The molecule has 1 aliphatic heterocycles. The van der Waals surface area contributed by atoms with Gasteiger partial charge in [0.2, 0.25) is 0 Å². The normalized spacial score (nSPS) is 15.3. The molecule has 32 heavy (non-hydrogen) atoms. The van der Waals surface area contributed by atoms with Crippen molar-refractivity contribution in [2.24, 2.45) is 0 Å². The molecule has 1 aliphatic rings. The summed E-state index contributed by atoms with van der Waals surface area (Å²) in [5.74, 6) is -0.961. The van der Waals surface area contributed by atoms with E-state index in [1.54, 1.807) is 18.2 Å². The van der Waals surface area contributed by atoms with E-state index in [0.717, 1.165) is 22.0 Å². The van der Waals surface area contributed by atoms with Crippen molar-refractivity contribution in [2.45, 2.75) is 6.54 Å². The van der Waals surface area contributed by atoms with Gasteiger partial charge in [0.25, 0.3) is 11.8 Å². The molecule has 8 heteroatoms. The van der Waals surface area contributed by atoms with Crippen LogP contribution in [0.4, 0.5) is 0 Å². The number of carbonyl (C=O) groups excluding carboxylic acids is 2. The third-order valence-corrected chi connectivity index (χ3v) is 5.58. The molecule has 160 valence electrons. The van der Waals surface area contributed by atoms with Gasteiger partial charge in [0, 0.05) is 36.3 Å². The second-order valence-electron chi connectivity index (χ2n) is 7.31. The van der Waals surface area contributed by atoms with E-state index in [0.29, 0.717) is 18.7 Å². The average Bonchev–Trinajstić information content (AvgIpc) is 3.14. The van der Waals surface area contributed by atoms with Gasteiger partial charge in [-0.15, -0.1) is 0 Å². The molecule has 0 unspecified atom stereocenters. The Morgan fingerprint density at radius 2 is 1.91 bits per heavy atom. The van der Waals surface area contributed by atoms with Crippen molar-refractivity contribution in [1.29, 1.82) is 5.26 Å². The first kappa shape index (κ1) is 21.4. The van der Waals surface area contributed by atoms with Crippen LogP contribution in [-0.4, -0.2) is 46.7 Å². The van der Waals surface area contributed by atoms with Crippen molar-refractivity contribution in [3.63, 3.8) is 0 Å². The van der Waals surface area contributed by atoms with Crippen LogP contribution in [0.2, 0.25) is 0 Å². The maximum atomic E-state index is 13.0. The maximum absolute atomic E-state index is 13.0. The van der Waals surface area contributed by atoms with E-state index >= 15 is 0 Å². The molecule has 0 aliphatic carbocycles. The van der Waals surface area contributed by atoms with Gasteiger partial charge in [-0.05, 0) is 42.1 Å². The molecule has 2 amide bonds. The number of fused-ring (bicyclic) bond motifs is 1. The first-order chi connectivity index (χ1) is 15.5. The molecular weight excluding hydrogens is 424 g/mol. The van der Waals surface area contributed by atoms with E-state index in [9.17, 15) is 9.59 Å². The summed E-state index contributed by atoms with van der Waals surface area (Å²) in [7, 11) is 1.54. The van der Waals surface area contributed by atoms with Gasteiger partial charge >= 0.3 is 0 Å². The Kier molecular flexibility index (Phi) is 6.12. The van der Waals surface area contributed by atoms with Crippen LogP contribution in [0, 0.1) is 11.3 Å². The summed E-state index contributed by atoms with van der Waals surface area (Å²) < 4.78 is 7.10. The second kappa shape index (κ2) is 9.14. The molecule has 2 heterocycles. The molecule has 1 saturated heterocycles. The molecule has 2 aromatic carbocycles. The summed E-state index contributed by atoms with van der Waals surface area (Å²) in [4.78, 5) is 26.9. The number of nitrogens with one attached hydrogen (secondary N) is 1. The van der Waals surface area contributed by atoms with Crippen LogP contribution in [0.5, 0.6) is 0 Å². The van der Waals surface area contributed by atoms with Crippen LogP contribution >= 0.6 is 12.2 Å². The standard InChI is InChI=1S/C24H20N4O3S/c1-31-11-10-28-23(30)20(22(29)26-24(28)32)12-18-15-27(21-5-3-2-4-19(18)21)14-17-8-6-16(13-25)7-9-17/h2-9,12,15H,10-11,14H2,1H3,(H,26,29,32)/b20-12+. The van der Waals surface area contributed by atoms with Gasteiger partial charge in [-0.25, -0.2) is 0 Å². The Morgan fingerprint density at radius 1 is 1.16 bits per heavy atom. The van der Waals surface area contributed by atoms with Crippen LogP contribution in [0.15, 0.2) is 60.3 Å². The minimum Gasteiger partial charge on any atom is -0.383 e. The number of amides is 2. The van der Waals surface area contributed by atoms with E-state index in [-0.39, 0.29) is 17.2 Å². The zero-order valence-electron chi connectivity index (χ0n) is 17.4. The van der Waals surface area contributed by atoms with E-state index in [4.69, 9.17) is 22.2 Å². The van der Waals surface area contributed by atoms with Crippen molar-refractivity contribution in [3.05, 3.63) is 77.0 Å². The fourth-order valence-electron chi connectivity index (χ4n) is 3.64. The molecule has 1 N–H and O–H groups in total. The number of para-hydroxylation sites is 1. The lowest BCUT2D eigenvalue weighted by Crippen LogP contribution is -2.54. The quantitative estimate of drug-likeness (QED) is 0.359. The number of ether oxygens (including phenoxy) is 1. The van der Waals surface area contributed by atoms with Crippen molar-refractivity contribution in [1.82, 2.24) is 14.8 Å². The Labute approximate surface area is 190 Å². The summed E-state index contributed by atoms with van der Waals surface area (Å²) in [6, 6.07) is 17.3. The minimum atomic E-state index is -0.516. The van der Waals surface area contributed by atoms with Gasteiger partial charge in [-0.3, -0.25) is 19.8 Å². The number of methoxy groups -OCH3 is 1. The number of benzene rings is 2. The number of hydrogen-bond donors (Lipinski definition) is 1. The lowest BCUT2D eigenvalue weighted by molar-refractivity contribution is -0.129. The predicted octanol–water partition coefficient (Wildman–Crippen LogP) is 2.83. The smallest absolute Gasteiger partial charge is 0.265 e. The van der Waals surface area contributed by atoms with Gasteiger partial charge in [0.15, 0.2) is 5.11 Å². The van der Waals surface area contributed by atoms with Crippen LogP contribution in [0.3, 0.4) is 0 Å². The average molecular weight is 445 g/mol. The number of nitriles is 1. The SMILES string of the molecule is COCCN1C(=O)/C(=C/c2cn(Cc3ccc(C#N)cc3)c3ccccc23)C(=O)NC1=S. The van der Waals surface area contributed by atoms with E-state index in [1.165, 1.54) is 12.0 Å². The molecule has 1 fully saturated rings. The van der Waals surface area contributed by atoms with Crippen LogP contribution in [-0.2, 0) is 20.9 Å². The lowest BCUT2D eigenvalue weighted by atomic mass is 10.1. The Morgan fingerprint density at radius 3 is 2.62 bits per heavy atom. The van der Waals surface area contributed by atoms with Gasteiger partial charge in [-0.1, -0.05) is 30.3 Å². The summed E-state index contributed by atoms with van der Waals surface area (Å²) in [6.45, 7) is 1.14. The molecule has 3 aromatic rings. The first-order valence-corrected chi connectivity index (χ1v) is 10.4. The zero-order chi connectivity index (χ0) is 22.7. The van der Waals surface area contributed by atoms with Crippen molar-refractivity contribution >= 4 is 46.1 Å². The highest BCUT2D eigenvalue weighted by Gasteiger charge is 2.33. The monoisotopic (exact) mass is 444 g/mol. The predicted molar refractivity (Wildman–Crippen MR) is 125 cm³/mol. The third-order valence-electron chi connectivity index (χ3n) is 5.26. The Hall–Kier alpha value is -3.80. The van der Waals surface area contributed by atoms with Gasteiger partial charge in [0.1, 0.15) is 5.57 Å². The van der Waals surface area contributed by atoms with E-state index in [1.807, 2.05) is 42.6 Å². The number of nitrogens with zero attached hydrogens (tertiary/aromatic N) is 3. The summed E-state index contributed by atoms with van der Waals surface area (Å²) >= 11 is 5.15.